The minimum absolute atomic E-state index is 0.0484. The van der Waals surface area contributed by atoms with Crippen LogP contribution in [0.4, 0.5) is 5.69 Å². The fourth-order valence-corrected chi connectivity index (χ4v) is 3.88. The molecule has 0 saturated heterocycles. The van der Waals surface area contributed by atoms with E-state index in [1.54, 1.807) is 13.0 Å². The number of fused-ring (bicyclic) bond motifs is 1. The molecule has 4 N–H and O–H groups in total. The summed E-state index contributed by atoms with van der Waals surface area (Å²) in [4.78, 5) is 4.62. The lowest BCUT2D eigenvalue weighted by molar-refractivity contribution is 0.186. The van der Waals surface area contributed by atoms with E-state index in [1.807, 2.05) is 38.1 Å². The molecule has 1 aromatic heterocycles. The number of benzene rings is 2. The van der Waals surface area contributed by atoms with Crippen molar-refractivity contribution in [1.29, 1.82) is 0 Å². The Kier molecular flexibility index (Phi) is 5.74. The number of hydrogen-bond donors (Lipinski definition) is 3. The van der Waals surface area contributed by atoms with Gasteiger partial charge in [0.1, 0.15) is 5.75 Å². The molecule has 1 unspecified atom stereocenters. The average molecular weight is 409 g/mol. The molecule has 1 aliphatic carbocycles. The van der Waals surface area contributed by atoms with Crippen molar-refractivity contribution >= 4 is 5.69 Å². The molecule has 0 spiro atoms. The first-order chi connectivity index (χ1) is 14.4. The topological polar surface area (TPSA) is 106 Å². The quantitative estimate of drug-likeness (QED) is 0.511. The minimum atomic E-state index is -0.373. The maximum atomic E-state index is 9.57. The molecule has 4 rings (SSSR count). The standard InChI is InChI=1S/C23H28N4O3/c1-13(2)29-21-10-7-15(11-19(21)24)23-26-22(27-30-23)18-6-4-5-17-16(18)8-9-20(17)25-12-14(3)28/h4-7,10-11,13-14,20,25,28H,8-9,12,24H2,1-3H3/t14-,20?/m0/s1. The smallest absolute Gasteiger partial charge is 0.258 e. The van der Waals surface area contributed by atoms with E-state index in [-0.39, 0.29) is 18.2 Å². The molecular weight excluding hydrogens is 380 g/mol. The second-order valence-corrected chi connectivity index (χ2v) is 8.06. The van der Waals surface area contributed by atoms with Crippen LogP contribution in [0.1, 0.15) is 44.4 Å². The number of nitrogens with two attached hydrogens (primary N) is 1. The normalized spacial score (nSPS) is 16.6. The van der Waals surface area contributed by atoms with Gasteiger partial charge in [0.2, 0.25) is 5.82 Å². The lowest BCUT2D eigenvalue weighted by Gasteiger charge is -2.15. The van der Waals surface area contributed by atoms with Gasteiger partial charge < -0.3 is 25.4 Å². The van der Waals surface area contributed by atoms with Crippen LogP contribution < -0.4 is 15.8 Å². The van der Waals surface area contributed by atoms with Crippen LogP contribution in [0.15, 0.2) is 40.9 Å². The molecule has 158 valence electrons. The Morgan fingerprint density at radius 2 is 2.10 bits per heavy atom. The lowest BCUT2D eigenvalue weighted by atomic mass is 10.0. The van der Waals surface area contributed by atoms with Crippen molar-refractivity contribution in [3.63, 3.8) is 0 Å². The van der Waals surface area contributed by atoms with E-state index in [2.05, 4.69) is 21.5 Å². The Balaban J connectivity index is 1.59. The molecule has 1 heterocycles. The van der Waals surface area contributed by atoms with Gasteiger partial charge in [-0.05, 0) is 62.9 Å². The van der Waals surface area contributed by atoms with Gasteiger partial charge in [0, 0.05) is 23.7 Å². The van der Waals surface area contributed by atoms with Gasteiger partial charge in [-0.3, -0.25) is 0 Å². The Labute approximate surface area is 176 Å². The molecular formula is C23H28N4O3. The van der Waals surface area contributed by atoms with Crippen LogP contribution in [-0.2, 0) is 6.42 Å². The third-order valence-electron chi connectivity index (χ3n) is 5.22. The summed E-state index contributed by atoms with van der Waals surface area (Å²) in [6.07, 6.45) is 1.59. The predicted octanol–water partition coefficient (Wildman–Crippen LogP) is 3.73. The van der Waals surface area contributed by atoms with Crippen molar-refractivity contribution in [2.24, 2.45) is 0 Å². The number of ether oxygens (including phenoxy) is 1. The Hall–Kier alpha value is -2.90. The van der Waals surface area contributed by atoms with Crippen LogP contribution >= 0.6 is 0 Å². The molecule has 0 radical (unpaired) electrons. The molecule has 30 heavy (non-hydrogen) atoms. The zero-order valence-corrected chi connectivity index (χ0v) is 17.6. The molecule has 0 aliphatic heterocycles. The fourth-order valence-electron chi connectivity index (χ4n) is 3.88. The van der Waals surface area contributed by atoms with E-state index in [4.69, 9.17) is 15.0 Å². The van der Waals surface area contributed by atoms with Gasteiger partial charge in [-0.25, -0.2) is 0 Å². The molecule has 2 atom stereocenters. The zero-order chi connectivity index (χ0) is 21.3. The summed E-state index contributed by atoms with van der Waals surface area (Å²) in [5.74, 6) is 1.64. The highest BCUT2D eigenvalue weighted by Gasteiger charge is 2.26. The van der Waals surface area contributed by atoms with Crippen LogP contribution in [0.2, 0.25) is 0 Å². The van der Waals surface area contributed by atoms with Gasteiger partial charge in [0.05, 0.1) is 17.9 Å². The molecule has 3 aromatic rings. The molecule has 0 saturated carbocycles. The summed E-state index contributed by atoms with van der Waals surface area (Å²) in [7, 11) is 0. The maximum Gasteiger partial charge on any atom is 0.258 e. The highest BCUT2D eigenvalue weighted by atomic mass is 16.5. The number of anilines is 1. The second-order valence-electron chi connectivity index (χ2n) is 8.06. The number of hydrogen-bond acceptors (Lipinski definition) is 7. The summed E-state index contributed by atoms with van der Waals surface area (Å²) in [5.41, 5.74) is 10.9. The van der Waals surface area contributed by atoms with Crippen molar-refractivity contribution in [1.82, 2.24) is 15.5 Å². The molecule has 0 bridgehead atoms. The minimum Gasteiger partial charge on any atom is -0.489 e. The Bertz CT molecular complexity index is 1030. The Morgan fingerprint density at radius 3 is 2.83 bits per heavy atom. The summed E-state index contributed by atoms with van der Waals surface area (Å²) in [6.45, 7) is 6.27. The highest BCUT2D eigenvalue weighted by molar-refractivity contribution is 5.69. The zero-order valence-electron chi connectivity index (χ0n) is 17.6. The monoisotopic (exact) mass is 408 g/mol. The summed E-state index contributed by atoms with van der Waals surface area (Å²) in [5, 5.41) is 17.2. The van der Waals surface area contributed by atoms with Gasteiger partial charge >= 0.3 is 0 Å². The van der Waals surface area contributed by atoms with Gasteiger partial charge in [-0.2, -0.15) is 4.98 Å². The first-order valence-corrected chi connectivity index (χ1v) is 10.4. The number of aromatic nitrogens is 2. The number of aliphatic hydroxyl groups is 1. The largest absolute Gasteiger partial charge is 0.489 e. The number of aliphatic hydroxyl groups excluding tert-OH is 1. The van der Waals surface area contributed by atoms with Crippen LogP contribution in [0.5, 0.6) is 5.75 Å². The number of nitrogens with one attached hydrogen (secondary N) is 1. The third kappa shape index (κ3) is 4.17. The van der Waals surface area contributed by atoms with Crippen molar-refractivity contribution in [2.75, 3.05) is 12.3 Å². The van der Waals surface area contributed by atoms with Crippen LogP contribution in [0.25, 0.3) is 22.8 Å². The van der Waals surface area contributed by atoms with E-state index < -0.39 is 0 Å². The van der Waals surface area contributed by atoms with Crippen molar-refractivity contribution in [3.05, 3.63) is 47.5 Å². The summed E-state index contributed by atoms with van der Waals surface area (Å²) >= 11 is 0. The number of rotatable bonds is 7. The second kappa shape index (κ2) is 8.45. The van der Waals surface area contributed by atoms with Gasteiger partial charge in [-0.15, -0.1) is 0 Å². The van der Waals surface area contributed by atoms with E-state index in [9.17, 15) is 5.11 Å². The SMILES string of the molecule is CC(C)Oc1ccc(-c2nc(-c3cccc4c3CCC4NC[C@H](C)O)no2)cc1N. The van der Waals surface area contributed by atoms with Crippen molar-refractivity contribution in [3.8, 4) is 28.6 Å². The van der Waals surface area contributed by atoms with Gasteiger partial charge in [0.15, 0.2) is 0 Å². The maximum absolute atomic E-state index is 9.57. The van der Waals surface area contributed by atoms with Gasteiger partial charge in [0.25, 0.3) is 5.89 Å². The molecule has 2 aromatic carbocycles. The lowest BCUT2D eigenvalue weighted by Crippen LogP contribution is -2.27. The highest BCUT2D eigenvalue weighted by Crippen LogP contribution is 2.37. The predicted molar refractivity (Wildman–Crippen MR) is 116 cm³/mol. The van der Waals surface area contributed by atoms with E-state index >= 15 is 0 Å². The molecule has 1 aliphatic rings. The molecule has 0 amide bonds. The van der Waals surface area contributed by atoms with E-state index in [0.29, 0.717) is 29.7 Å². The third-order valence-corrected chi connectivity index (χ3v) is 5.22. The first-order valence-electron chi connectivity index (χ1n) is 10.4. The van der Waals surface area contributed by atoms with E-state index in [0.717, 1.165) is 24.0 Å². The van der Waals surface area contributed by atoms with Gasteiger partial charge in [-0.1, -0.05) is 23.4 Å². The van der Waals surface area contributed by atoms with Crippen molar-refractivity contribution in [2.45, 2.75) is 51.9 Å². The average Bonchev–Trinajstić information content (AvgIpc) is 3.34. The van der Waals surface area contributed by atoms with Crippen LogP contribution in [0.3, 0.4) is 0 Å². The first kappa shape index (κ1) is 20.4. The fraction of sp³-hybridized carbons (Fsp3) is 0.391. The number of nitrogen functional groups attached to an aromatic ring is 1. The molecule has 7 nitrogen and oxygen atoms in total. The van der Waals surface area contributed by atoms with Crippen molar-refractivity contribution < 1.29 is 14.4 Å². The van der Waals surface area contributed by atoms with Crippen LogP contribution in [-0.4, -0.2) is 34.0 Å². The Morgan fingerprint density at radius 1 is 1.27 bits per heavy atom. The summed E-state index contributed by atoms with van der Waals surface area (Å²) in [6, 6.07) is 11.9. The number of nitrogens with zero attached hydrogens (tertiary/aromatic N) is 2. The van der Waals surface area contributed by atoms with E-state index in [1.165, 1.54) is 11.1 Å². The summed E-state index contributed by atoms with van der Waals surface area (Å²) < 4.78 is 11.2. The van der Waals surface area contributed by atoms with Crippen LogP contribution in [0, 0.1) is 0 Å². The molecule has 7 heteroatoms. The molecule has 0 fully saturated rings.